The molecule has 2 N–H and O–H groups in total. The lowest BCUT2D eigenvalue weighted by molar-refractivity contribution is -0.127. The lowest BCUT2D eigenvalue weighted by Gasteiger charge is -2.06. The van der Waals surface area contributed by atoms with Gasteiger partial charge in [-0.1, -0.05) is 0 Å². The van der Waals surface area contributed by atoms with Gasteiger partial charge in [0.1, 0.15) is 0 Å². The molecule has 0 aromatic carbocycles. The Balaban J connectivity index is 0.000000252. The van der Waals surface area contributed by atoms with Gasteiger partial charge in [0.25, 0.3) is 0 Å². The molecule has 0 aliphatic carbocycles. The second kappa shape index (κ2) is 5.54. The number of hydrogen-bond donors (Lipinski definition) is 2. The van der Waals surface area contributed by atoms with Crippen LogP contribution in [0.15, 0.2) is 0 Å². The molecule has 13 heavy (non-hydrogen) atoms. The van der Waals surface area contributed by atoms with Crippen LogP contribution < -0.4 is 0 Å². The molecular weight excluding hydrogens is 172 g/mol. The van der Waals surface area contributed by atoms with Crippen LogP contribution in [0.1, 0.15) is 33.6 Å². The lowest BCUT2D eigenvalue weighted by atomic mass is 10.3. The van der Waals surface area contributed by atoms with Crippen molar-refractivity contribution in [2.24, 2.45) is 0 Å². The Labute approximate surface area is 79.5 Å². The second-order valence-corrected chi connectivity index (χ2v) is 3.68. The highest BCUT2D eigenvalue weighted by atomic mass is 16.7. The van der Waals surface area contributed by atoms with E-state index in [0.717, 1.165) is 12.8 Å². The summed E-state index contributed by atoms with van der Waals surface area (Å²) in [4.78, 5) is 0. The topological polar surface area (TPSA) is 58.9 Å². The van der Waals surface area contributed by atoms with Gasteiger partial charge in [0.2, 0.25) is 0 Å². The molecule has 0 aromatic rings. The molecule has 1 aliphatic rings. The van der Waals surface area contributed by atoms with E-state index in [9.17, 15) is 0 Å². The van der Waals surface area contributed by atoms with Crippen LogP contribution in [-0.2, 0) is 9.47 Å². The van der Waals surface area contributed by atoms with E-state index in [1.54, 1.807) is 7.11 Å². The molecule has 4 heteroatoms. The zero-order chi connectivity index (χ0) is 10.5. The number of ether oxygens (including phenoxy) is 2. The fourth-order valence-corrected chi connectivity index (χ4v) is 0.939. The number of hydrogen-bond acceptors (Lipinski definition) is 4. The highest BCUT2D eigenvalue weighted by Crippen LogP contribution is 2.18. The van der Waals surface area contributed by atoms with E-state index < -0.39 is 5.79 Å². The van der Waals surface area contributed by atoms with Gasteiger partial charge in [-0.25, -0.2) is 0 Å². The molecule has 0 aromatic heterocycles. The summed E-state index contributed by atoms with van der Waals surface area (Å²) in [5, 5.41) is 16.2. The standard InChI is InChI=1S/C6H12O2.C3H8O2/c1-5-3-4-6(7-2)8-5;1-3(2,4)5/h5-6H,3-4H2,1-2H3;4-5H,1-2H3/t5-,6-;/m1./s1. The van der Waals surface area contributed by atoms with Crippen molar-refractivity contribution >= 4 is 0 Å². The summed E-state index contributed by atoms with van der Waals surface area (Å²) >= 11 is 0. The van der Waals surface area contributed by atoms with E-state index in [1.165, 1.54) is 13.8 Å². The van der Waals surface area contributed by atoms with Crippen molar-refractivity contribution in [3.63, 3.8) is 0 Å². The van der Waals surface area contributed by atoms with Gasteiger partial charge in [0, 0.05) is 13.5 Å². The molecule has 1 saturated heterocycles. The molecule has 0 radical (unpaired) electrons. The molecule has 4 nitrogen and oxygen atoms in total. The van der Waals surface area contributed by atoms with Crippen molar-refractivity contribution in [3.8, 4) is 0 Å². The predicted octanol–water partition coefficient (Wildman–Crippen LogP) is 0.865. The van der Waals surface area contributed by atoms with Gasteiger partial charge in [0.15, 0.2) is 12.1 Å². The first-order chi connectivity index (χ1) is 5.83. The summed E-state index contributed by atoms with van der Waals surface area (Å²) in [5.74, 6) is -1.50. The predicted molar refractivity (Wildman–Crippen MR) is 49.1 cm³/mol. The minimum atomic E-state index is -1.50. The van der Waals surface area contributed by atoms with Gasteiger partial charge in [-0.3, -0.25) is 0 Å². The fraction of sp³-hybridized carbons (Fsp3) is 1.00. The van der Waals surface area contributed by atoms with Crippen LogP contribution in [0.25, 0.3) is 0 Å². The Morgan fingerprint density at radius 2 is 1.77 bits per heavy atom. The fourth-order valence-electron chi connectivity index (χ4n) is 0.939. The molecule has 0 bridgehead atoms. The summed E-state index contributed by atoms with van der Waals surface area (Å²) in [5.41, 5.74) is 0. The van der Waals surface area contributed by atoms with Crippen molar-refractivity contribution in [3.05, 3.63) is 0 Å². The Morgan fingerprint density at radius 1 is 1.31 bits per heavy atom. The molecule has 1 fully saturated rings. The van der Waals surface area contributed by atoms with Gasteiger partial charge in [0.05, 0.1) is 6.10 Å². The SMILES string of the molecule is CC(C)(O)O.CO[C@H]1CC[C@@H](C)O1. The van der Waals surface area contributed by atoms with E-state index in [1.807, 2.05) is 0 Å². The number of rotatable bonds is 1. The van der Waals surface area contributed by atoms with Crippen molar-refractivity contribution in [1.82, 2.24) is 0 Å². The first-order valence-corrected chi connectivity index (χ1v) is 4.46. The normalized spacial score (nSPS) is 28.2. The van der Waals surface area contributed by atoms with Gasteiger partial charge < -0.3 is 19.7 Å². The maximum Gasteiger partial charge on any atom is 0.157 e. The molecule has 1 heterocycles. The Hall–Kier alpha value is -0.160. The summed E-state index contributed by atoms with van der Waals surface area (Å²) in [6.45, 7) is 4.67. The van der Waals surface area contributed by atoms with Crippen LogP contribution in [0.4, 0.5) is 0 Å². The first-order valence-electron chi connectivity index (χ1n) is 4.46. The number of methoxy groups -OCH3 is 1. The smallest absolute Gasteiger partial charge is 0.157 e. The van der Waals surface area contributed by atoms with E-state index in [4.69, 9.17) is 19.7 Å². The highest BCUT2D eigenvalue weighted by molar-refractivity contribution is 4.61. The van der Waals surface area contributed by atoms with Crippen LogP contribution in [0, 0.1) is 0 Å². The zero-order valence-corrected chi connectivity index (χ0v) is 8.78. The second-order valence-electron chi connectivity index (χ2n) is 3.68. The lowest BCUT2D eigenvalue weighted by Crippen LogP contribution is -2.15. The molecule has 0 amide bonds. The van der Waals surface area contributed by atoms with Crippen LogP contribution in [0.3, 0.4) is 0 Å². The monoisotopic (exact) mass is 192 g/mol. The van der Waals surface area contributed by atoms with Crippen LogP contribution in [-0.4, -0.2) is 35.5 Å². The van der Waals surface area contributed by atoms with Crippen molar-refractivity contribution in [2.75, 3.05) is 7.11 Å². The van der Waals surface area contributed by atoms with E-state index in [-0.39, 0.29) is 6.29 Å². The molecule has 0 unspecified atom stereocenters. The quantitative estimate of drug-likeness (QED) is 0.605. The molecule has 1 aliphatic heterocycles. The maximum atomic E-state index is 8.08. The van der Waals surface area contributed by atoms with Crippen LogP contribution in [0.5, 0.6) is 0 Å². The van der Waals surface area contributed by atoms with Crippen molar-refractivity contribution < 1.29 is 19.7 Å². The highest BCUT2D eigenvalue weighted by Gasteiger charge is 2.20. The third kappa shape index (κ3) is 9.76. The van der Waals surface area contributed by atoms with E-state index >= 15 is 0 Å². The average molecular weight is 192 g/mol. The summed E-state index contributed by atoms with van der Waals surface area (Å²) in [7, 11) is 1.68. The van der Waals surface area contributed by atoms with E-state index in [2.05, 4.69) is 6.92 Å². The minimum absolute atomic E-state index is 0.0741. The summed E-state index contributed by atoms with van der Waals surface area (Å²) in [6.07, 6.45) is 2.67. The van der Waals surface area contributed by atoms with Gasteiger partial charge in [-0.2, -0.15) is 0 Å². The molecule has 2 atom stereocenters. The third-order valence-corrected chi connectivity index (χ3v) is 1.46. The Kier molecular flexibility index (Phi) is 5.48. The van der Waals surface area contributed by atoms with Crippen molar-refractivity contribution in [1.29, 1.82) is 0 Å². The maximum absolute atomic E-state index is 8.08. The summed E-state index contributed by atoms with van der Waals surface area (Å²) in [6, 6.07) is 0. The molecule has 0 saturated carbocycles. The average Bonchev–Trinajstić information content (AvgIpc) is 2.31. The van der Waals surface area contributed by atoms with Gasteiger partial charge in [-0.05, 0) is 27.2 Å². The zero-order valence-electron chi connectivity index (χ0n) is 8.78. The van der Waals surface area contributed by atoms with Gasteiger partial charge >= 0.3 is 0 Å². The molecule has 80 valence electrons. The molecular formula is C9H20O4. The van der Waals surface area contributed by atoms with Gasteiger partial charge in [-0.15, -0.1) is 0 Å². The number of aliphatic hydroxyl groups is 2. The Bertz CT molecular complexity index is 124. The van der Waals surface area contributed by atoms with Crippen molar-refractivity contribution in [2.45, 2.75) is 51.8 Å². The molecule has 1 rings (SSSR count). The first kappa shape index (κ1) is 12.8. The van der Waals surface area contributed by atoms with E-state index in [0.29, 0.717) is 6.10 Å². The largest absolute Gasteiger partial charge is 0.366 e. The molecule has 0 spiro atoms. The van der Waals surface area contributed by atoms with Crippen LogP contribution >= 0.6 is 0 Å². The Morgan fingerprint density at radius 3 is 1.92 bits per heavy atom. The summed E-state index contributed by atoms with van der Waals surface area (Å²) < 4.78 is 10.2. The third-order valence-electron chi connectivity index (χ3n) is 1.46. The van der Waals surface area contributed by atoms with Crippen LogP contribution in [0.2, 0.25) is 0 Å². The minimum Gasteiger partial charge on any atom is -0.366 e.